The molecule has 1 aromatic carbocycles. The summed E-state index contributed by atoms with van der Waals surface area (Å²) >= 11 is 0. The van der Waals surface area contributed by atoms with Crippen LogP contribution < -0.4 is 0 Å². The van der Waals surface area contributed by atoms with E-state index in [1.165, 1.54) is 12.1 Å². The third kappa shape index (κ3) is 3.31. The molecular formula is C15H21F2NO. The van der Waals surface area contributed by atoms with Crippen LogP contribution in [0.2, 0.25) is 0 Å². The second-order valence-corrected chi connectivity index (χ2v) is 5.49. The van der Waals surface area contributed by atoms with Crippen LogP contribution in [0.1, 0.15) is 38.2 Å². The Morgan fingerprint density at radius 2 is 2.00 bits per heavy atom. The topological polar surface area (TPSA) is 23.5 Å². The monoisotopic (exact) mass is 269 g/mol. The van der Waals surface area contributed by atoms with E-state index in [4.69, 9.17) is 0 Å². The smallest absolute Gasteiger partial charge is 0.159 e. The number of nitrogens with zero attached hydrogens (tertiary/aromatic N) is 1. The molecule has 0 aromatic heterocycles. The molecule has 1 aliphatic heterocycles. The zero-order chi connectivity index (χ0) is 14.0. The van der Waals surface area contributed by atoms with Gasteiger partial charge in [0.1, 0.15) is 0 Å². The van der Waals surface area contributed by atoms with Gasteiger partial charge in [-0.15, -0.1) is 0 Å². The Morgan fingerprint density at radius 3 is 2.63 bits per heavy atom. The van der Waals surface area contributed by atoms with E-state index >= 15 is 0 Å². The molecule has 1 aromatic rings. The minimum atomic E-state index is -0.797. The molecule has 106 valence electrons. The van der Waals surface area contributed by atoms with Crippen molar-refractivity contribution in [3.05, 3.63) is 35.4 Å². The second-order valence-electron chi connectivity index (χ2n) is 5.49. The lowest BCUT2D eigenvalue weighted by Gasteiger charge is -2.38. The summed E-state index contributed by atoms with van der Waals surface area (Å²) in [5.41, 5.74) is 0.849. The molecule has 0 radical (unpaired) electrons. The highest BCUT2D eigenvalue weighted by molar-refractivity contribution is 5.22. The molecule has 0 bridgehead atoms. The van der Waals surface area contributed by atoms with E-state index in [1.54, 1.807) is 13.0 Å². The number of hydrogen-bond acceptors (Lipinski definition) is 2. The first kappa shape index (κ1) is 14.4. The number of rotatable bonds is 3. The van der Waals surface area contributed by atoms with E-state index in [1.807, 2.05) is 6.92 Å². The molecule has 3 atom stereocenters. The summed E-state index contributed by atoms with van der Waals surface area (Å²) < 4.78 is 26.2. The summed E-state index contributed by atoms with van der Waals surface area (Å²) in [4.78, 5) is 2.22. The highest BCUT2D eigenvalue weighted by atomic mass is 19.2. The van der Waals surface area contributed by atoms with Crippen LogP contribution in [0.4, 0.5) is 8.78 Å². The van der Waals surface area contributed by atoms with Crippen molar-refractivity contribution in [2.45, 2.75) is 44.8 Å². The van der Waals surface area contributed by atoms with Gasteiger partial charge in [-0.25, -0.2) is 8.78 Å². The Bertz CT molecular complexity index is 436. The quantitative estimate of drug-likeness (QED) is 0.912. The molecule has 2 rings (SSSR count). The molecule has 4 heteroatoms. The van der Waals surface area contributed by atoms with E-state index in [0.29, 0.717) is 0 Å². The second kappa shape index (κ2) is 5.97. The summed E-state index contributed by atoms with van der Waals surface area (Å²) in [6.45, 7) is 5.52. The molecule has 3 unspecified atom stereocenters. The maximum Gasteiger partial charge on any atom is 0.159 e. The average Bonchev–Trinajstić information content (AvgIpc) is 2.41. The average molecular weight is 269 g/mol. The first-order chi connectivity index (χ1) is 8.99. The lowest BCUT2D eigenvalue weighted by Crippen LogP contribution is -2.45. The number of benzene rings is 1. The third-order valence-corrected chi connectivity index (χ3v) is 4.14. The van der Waals surface area contributed by atoms with Gasteiger partial charge in [0.25, 0.3) is 0 Å². The van der Waals surface area contributed by atoms with Crippen LogP contribution in [0.25, 0.3) is 0 Å². The Kier molecular flexibility index (Phi) is 4.53. The van der Waals surface area contributed by atoms with E-state index in [2.05, 4.69) is 4.90 Å². The Hall–Kier alpha value is -1.00. The number of piperidine rings is 1. The number of aliphatic hydroxyl groups is 1. The number of hydrogen-bond donors (Lipinski definition) is 1. The predicted molar refractivity (Wildman–Crippen MR) is 71.0 cm³/mol. The fourth-order valence-electron chi connectivity index (χ4n) is 2.72. The Labute approximate surface area is 113 Å². The van der Waals surface area contributed by atoms with Gasteiger partial charge in [-0.05, 0) is 56.8 Å². The maximum atomic E-state index is 13.3. The normalized spacial score (nSPS) is 24.2. The molecule has 2 nitrogen and oxygen atoms in total. The Balaban J connectivity index is 2.10. The van der Waals surface area contributed by atoms with Crippen molar-refractivity contribution >= 4 is 0 Å². The first-order valence-corrected chi connectivity index (χ1v) is 6.86. The highest BCUT2D eigenvalue weighted by Gasteiger charge is 2.26. The molecule has 0 amide bonds. The lowest BCUT2D eigenvalue weighted by atomic mass is 9.89. The molecule has 0 saturated carbocycles. The largest absolute Gasteiger partial charge is 0.392 e. The van der Waals surface area contributed by atoms with Gasteiger partial charge in [0, 0.05) is 12.6 Å². The van der Waals surface area contributed by atoms with Gasteiger partial charge in [0.05, 0.1) is 6.10 Å². The Morgan fingerprint density at radius 1 is 1.26 bits per heavy atom. The summed E-state index contributed by atoms with van der Waals surface area (Å²) in [5.74, 6) is -1.36. The number of halogens is 2. The molecule has 1 heterocycles. The van der Waals surface area contributed by atoms with Crippen LogP contribution in [0.5, 0.6) is 0 Å². The van der Waals surface area contributed by atoms with Crippen molar-refractivity contribution in [2.75, 3.05) is 13.1 Å². The first-order valence-electron chi connectivity index (χ1n) is 6.86. The van der Waals surface area contributed by atoms with Gasteiger partial charge in [-0.3, -0.25) is 4.90 Å². The highest BCUT2D eigenvalue weighted by Crippen LogP contribution is 2.29. The summed E-state index contributed by atoms with van der Waals surface area (Å²) in [7, 11) is 0. The SMILES string of the molecule is CC(O)C(C)N1CCCC(c2ccc(F)c(F)c2)C1. The molecule has 19 heavy (non-hydrogen) atoms. The van der Waals surface area contributed by atoms with Crippen molar-refractivity contribution in [1.29, 1.82) is 0 Å². The van der Waals surface area contributed by atoms with Crippen molar-refractivity contribution < 1.29 is 13.9 Å². The van der Waals surface area contributed by atoms with Crippen molar-refractivity contribution in [1.82, 2.24) is 4.90 Å². The van der Waals surface area contributed by atoms with Gasteiger partial charge in [-0.1, -0.05) is 6.07 Å². The predicted octanol–water partition coefficient (Wildman–Crippen LogP) is 2.91. The molecular weight excluding hydrogens is 248 g/mol. The molecule has 0 spiro atoms. The zero-order valence-electron chi connectivity index (χ0n) is 11.4. The minimum absolute atomic E-state index is 0.0908. The van der Waals surface area contributed by atoms with E-state index in [9.17, 15) is 13.9 Å². The van der Waals surface area contributed by atoms with Crippen molar-refractivity contribution in [2.24, 2.45) is 0 Å². The van der Waals surface area contributed by atoms with Crippen LogP contribution in [-0.2, 0) is 0 Å². The van der Waals surface area contributed by atoms with E-state index < -0.39 is 11.6 Å². The molecule has 1 N–H and O–H groups in total. The van der Waals surface area contributed by atoms with Gasteiger partial charge >= 0.3 is 0 Å². The molecule has 0 aliphatic carbocycles. The van der Waals surface area contributed by atoms with Gasteiger partial charge in [-0.2, -0.15) is 0 Å². The zero-order valence-corrected chi connectivity index (χ0v) is 11.4. The fraction of sp³-hybridized carbons (Fsp3) is 0.600. The molecule has 1 saturated heterocycles. The standard InChI is InChI=1S/C15H21F2NO/c1-10(11(2)19)18-7-3-4-13(9-18)12-5-6-14(16)15(17)8-12/h5-6,8,10-11,13,19H,3-4,7,9H2,1-2H3. The van der Waals surface area contributed by atoms with E-state index in [0.717, 1.165) is 31.5 Å². The van der Waals surface area contributed by atoms with Gasteiger partial charge < -0.3 is 5.11 Å². The molecule has 1 aliphatic rings. The van der Waals surface area contributed by atoms with Crippen LogP contribution in [-0.4, -0.2) is 35.2 Å². The van der Waals surface area contributed by atoms with E-state index in [-0.39, 0.29) is 18.1 Å². The van der Waals surface area contributed by atoms with Crippen molar-refractivity contribution in [3.8, 4) is 0 Å². The van der Waals surface area contributed by atoms with Gasteiger partial charge in [0.15, 0.2) is 11.6 Å². The lowest BCUT2D eigenvalue weighted by molar-refractivity contribution is 0.0533. The minimum Gasteiger partial charge on any atom is -0.392 e. The number of aliphatic hydroxyl groups excluding tert-OH is 1. The number of likely N-dealkylation sites (tertiary alicyclic amines) is 1. The summed E-state index contributed by atoms with van der Waals surface area (Å²) in [5, 5.41) is 9.66. The van der Waals surface area contributed by atoms with Crippen LogP contribution >= 0.6 is 0 Å². The van der Waals surface area contributed by atoms with Crippen molar-refractivity contribution in [3.63, 3.8) is 0 Å². The fourth-order valence-corrected chi connectivity index (χ4v) is 2.72. The molecule has 1 fully saturated rings. The van der Waals surface area contributed by atoms with Crippen LogP contribution in [0.15, 0.2) is 18.2 Å². The van der Waals surface area contributed by atoms with Crippen LogP contribution in [0.3, 0.4) is 0 Å². The third-order valence-electron chi connectivity index (χ3n) is 4.14. The maximum absolute atomic E-state index is 13.3. The summed E-state index contributed by atoms with van der Waals surface area (Å²) in [6, 6.07) is 4.26. The summed E-state index contributed by atoms with van der Waals surface area (Å²) in [6.07, 6.45) is 1.61. The van der Waals surface area contributed by atoms with Crippen LogP contribution in [0, 0.1) is 11.6 Å². The van der Waals surface area contributed by atoms with Gasteiger partial charge in [0.2, 0.25) is 0 Å².